The number of hydrogen-bond acceptors (Lipinski definition) is 5. The summed E-state index contributed by atoms with van der Waals surface area (Å²) in [6, 6.07) is 15.0. The van der Waals surface area contributed by atoms with E-state index in [1.165, 1.54) is 18.3 Å². The Labute approximate surface area is 163 Å². The Morgan fingerprint density at radius 3 is 2.70 bits per heavy atom. The van der Waals surface area contributed by atoms with Crippen LogP contribution < -0.4 is 5.43 Å². The van der Waals surface area contributed by atoms with Gasteiger partial charge in [0.1, 0.15) is 11.5 Å². The molecule has 1 heterocycles. The third-order valence-corrected chi connectivity index (χ3v) is 4.48. The lowest BCUT2D eigenvalue weighted by Crippen LogP contribution is -2.17. The van der Waals surface area contributed by atoms with Crippen molar-refractivity contribution < 1.29 is 14.1 Å². The number of furan rings is 1. The van der Waals surface area contributed by atoms with Crippen LogP contribution in [0.3, 0.4) is 0 Å². The molecule has 0 unspecified atom stereocenters. The summed E-state index contributed by atoms with van der Waals surface area (Å²) >= 11 is 3.31. The van der Waals surface area contributed by atoms with Crippen LogP contribution in [0.15, 0.2) is 68.6 Å². The van der Waals surface area contributed by atoms with Gasteiger partial charge in [0.05, 0.1) is 16.7 Å². The van der Waals surface area contributed by atoms with E-state index >= 15 is 0 Å². The second kappa shape index (κ2) is 7.96. The Kier molecular flexibility index (Phi) is 5.46. The molecule has 0 saturated heterocycles. The van der Waals surface area contributed by atoms with Gasteiger partial charge in [-0.3, -0.25) is 14.9 Å². The molecule has 3 rings (SSSR count). The Morgan fingerprint density at radius 2 is 2.00 bits per heavy atom. The van der Waals surface area contributed by atoms with Crippen LogP contribution >= 0.6 is 15.9 Å². The molecule has 27 heavy (non-hydrogen) atoms. The number of nitro groups is 1. The van der Waals surface area contributed by atoms with E-state index in [4.69, 9.17) is 4.42 Å². The maximum absolute atomic E-state index is 12.1. The number of aryl methyl sites for hydroxylation is 1. The predicted octanol–water partition coefficient (Wildman–Crippen LogP) is 4.69. The molecule has 0 bridgehead atoms. The molecule has 0 spiro atoms. The number of carbonyl (C=O) groups is 1. The minimum atomic E-state index is -0.440. The summed E-state index contributed by atoms with van der Waals surface area (Å²) in [6.45, 7) is 1.77. The monoisotopic (exact) mass is 427 g/mol. The SMILES string of the molecule is Cc1cc([N+](=O)[O-])ccc1-c1ccc(/C=N/NC(=O)c2ccccc2Br)o1. The second-order valence-electron chi connectivity index (χ2n) is 5.64. The van der Waals surface area contributed by atoms with Crippen molar-refractivity contribution in [3.8, 4) is 11.3 Å². The predicted molar refractivity (Wildman–Crippen MR) is 105 cm³/mol. The standard InChI is InChI=1S/C19H14BrN3O4/c1-12-10-13(23(25)26)6-8-15(12)18-9-7-14(27-18)11-21-22-19(24)16-4-2-3-5-17(16)20/h2-11H,1H3,(H,22,24)/b21-11+. The van der Waals surface area contributed by atoms with Crippen molar-refractivity contribution in [3.63, 3.8) is 0 Å². The van der Waals surface area contributed by atoms with Gasteiger partial charge in [0.15, 0.2) is 0 Å². The molecular weight excluding hydrogens is 414 g/mol. The molecule has 1 N–H and O–H groups in total. The lowest BCUT2D eigenvalue weighted by atomic mass is 10.1. The van der Waals surface area contributed by atoms with E-state index in [0.29, 0.717) is 21.6 Å². The first-order valence-corrected chi connectivity index (χ1v) is 8.68. The van der Waals surface area contributed by atoms with Crippen LogP contribution in [0.1, 0.15) is 21.7 Å². The number of rotatable bonds is 5. The highest BCUT2D eigenvalue weighted by atomic mass is 79.9. The third-order valence-electron chi connectivity index (χ3n) is 3.79. The van der Waals surface area contributed by atoms with Crippen LogP contribution in [0.25, 0.3) is 11.3 Å². The zero-order valence-corrected chi connectivity index (χ0v) is 15.8. The number of carbonyl (C=O) groups excluding carboxylic acids is 1. The average Bonchev–Trinajstić information content (AvgIpc) is 3.10. The smallest absolute Gasteiger partial charge is 0.272 e. The van der Waals surface area contributed by atoms with Gasteiger partial charge in [-0.15, -0.1) is 0 Å². The number of halogens is 1. The first kappa shape index (κ1) is 18.5. The molecule has 1 aromatic heterocycles. The van der Waals surface area contributed by atoms with Gasteiger partial charge in [-0.1, -0.05) is 12.1 Å². The van der Waals surface area contributed by atoms with E-state index in [1.807, 2.05) is 6.07 Å². The van der Waals surface area contributed by atoms with E-state index in [-0.39, 0.29) is 11.6 Å². The highest BCUT2D eigenvalue weighted by Gasteiger charge is 2.12. The van der Waals surface area contributed by atoms with Gasteiger partial charge < -0.3 is 4.42 Å². The van der Waals surface area contributed by atoms with Crippen molar-refractivity contribution >= 4 is 33.7 Å². The maximum Gasteiger partial charge on any atom is 0.272 e. The van der Waals surface area contributed by atoms with Crippen molar-refractivity contribution in [1.29, 1.82) is 0 Å². The Bertz CT molecular complexity index is 1040. The Hall–Kier alpha value is -3.26. The Balaban J connectivity index is 1.71. The number of nitrogens with one attached hydrogen (secondary N) is 1. The van der Waals surface area contributed by atoms with Gasteiger partial charge in [-0.25, -0.2) is 5.43 Å². The minimum Gasteiger partial charge on any atom is -0.455 e. The largest absolute Gasteiger partial charge is 0.455 e. The van der Waals surface area contributed by atoms with E-state index in [0.717, 1.165) is 11.1 Å². The summed E-state index contributed by atoms with van der Waals surface area (Å²) in [5.41, 5.74) is 4.40. The molecule has 8 heteroatoms. The van der Waals surface area contributed by atoms with Crippen LogP contribution in [-0.2, 0) is 0 Å². The maximum atomic E-state index is 12.1. The van der Waals surface area contributed by atoms with E-state index in [9.17, 15) is 14.9 Å². The third kappa shape index (κ3) is 4.29. The number of non-ortho nitro benzene ring substituents is 1. The molecule has 0 saturated carbocycles. The van der Waals surface area contributed by atoms with Gasteiger partial charge in [0.2, 0.25) is 0 Å². The molecule has 0 aliphatic rings. The zero-order chi connectivity index (χ0) is 19.4. The van der Waals surface area contributed by atoms with Gasteiger partial charge in [0.25, 0.3) is 11.6 Å². The lowest BCUT2D eigenvalue weighted by Gasteiger charge is -2.02. The molecule has 0 fully saturated rings. The van der Waals surface area contributed by atoms with E-state index in [2.05, 4.69) is 26.5 Å². The van der Waals surface area contributed by atoms with Crippen LogP contribution in [0.5, 0.6) is 0 Å². The highest BCUT2D eigenvalue weighted by molar-refractivity contribution is 9.10. The molecule has 3 aromatic rings. The fraction of sp³-hybridized carbons (Fsp3) is 0.0526. The number of benzene rings is 2. The fourth-order valence-electron chi connectivity index (χ4n) is 2.46. The average molecular weight is 428 g/mol. The first-order chi connectivity index (χ1) is 13.0. The first-order valence-electron chi connectivity index (χ1n) is 7.89. The van der Waals surface area contributed by atoms with Gasteiger partial charge in [-0.2, -0.15) is 5.10 Å². The molecule has 1 amide bonds. The summed E-state index contributed by atoms with van der Waals surface area (Å²) in [5.74, 6) is 0.646. The summed E-state index contributed by atoms with van der Waals surface area (Å²) in [7, 11) is 0. The Morgan fingerprint density at radius 1 is 1.22 bits per heavy atom. The summed E-state index contributed by atoms with van der Waals surface area (Å²) in [5, 5.41) is 14.7. The molecule has 0 aliphatic carbocycles. The molecule has 0 radical (unpaired) electrons. The van der Waals surface area contributed by atoms with Crippen molar-refractivity contribution in [2.75, 3.05) is 0 Å². The molecule has 2 aromatic carbocycles. The van der Waals surface area contributed by atoms with Gasteiger partial charge in [-0.05, 0) is 58.7 Å². The lowest BCUT2D eigenvalue weighted by molar-refractivity contribution is -0.384. The zero-order valence-electron chi connectivity index (χ0n) is 14.2. The van der Waals surface area contributed by atoms with Crippen molar-refractivity contribution in [1.82, 2.24) is 5.43 Å². The van der Waals surface area contributed by atoms with Gasteiger partial charge >= 0.3 is 0 Å². The number of nitrogens with zero attached hydrogens (tertiary/aromatic N) is 2. The molecular formula is C19H14BrN3O4. The molecule has 136 valence electrons. The van der Waals surface area contributed by atoms with Gasteiger partial charge in [0, 0.05) is 22.2 Å². The van der Waals surface area contributed by atoms with Crippen molar-refractivity contribution in [2.45, 2.75) is 6.92 Å². The number of hydrazone groups is 1. The highest BCUT2D eigenvalue weighted by Crippen LogP contribution is 2.28. The van der Waals surface area contributed by atoms with Crippen LogP contribution in [0.2, 0.25) is 0 Å². The minimum absolute atomic E-state index is 0.0272. The number of hydrogen-bond donors (Lipinski definition) is 1. The van der Waals surface area contributed by atoms with Crippen molar-refractivity contribution in [2.24, 2.45) is 5.10 Å². The summed E-state index contributed by atoms with van der Waals surface area (Å²) in [6.07, 6.45) is 1.39. The van der Waals surface area contributed by atoms with Crippen LogP contribution in [0, 0.1) is 17.0 Å². The van der Waals surface area contributed by atoms with E-state index in [1.54, 1.807) is 43.3 Å². The summed E-state index contributed by atoms with van der Waals surface area (Å²) < 4.78 is 6.36. The normalized spacial score (nSPS) is 10.9. The topological polar surface area (TPSA) is 97.7 Å². The van der Waals surface area contributed by atoms with E-state index < -0.39 is 4.92 Å². The quantitative estimate of drug-likeness (QED) is 0.362. The fourth-order valence-corrected chi connectivity index (χ4v) is 2.93. The summed E-state index contributed by atoms with van der Waals surface area (Å²) in [4.78, 5) is 22.5. The molecule has 0 atom stereocenters. The van der Waals surface area contributed by atoms with Crippen LogP contribution in [0.4, 0.5) is 5.69 Å². The van der Waals surface area contributed by atoms with Crippen LogP contribution in [-0.4, -0.2) is 17.0 Å². The number of amides is 1. The van der Waals surface area contributed by atoms with Crippen molar-refractivity contribution in [3.05, 3.63) is 86.1 Å². The second-order valence-corrected chi connectivity index (χ2v) is 6.49. The molecule has 7 nitrogen and oxygen atoms in total. The number of nitro benzene ring substituents is 1. The molecule has 0 aliphatic heterocycles.